The van der Waals surface area contributed by atoms with Crippen LogP contribution in [-0.2, 0) is 9.53 Å². The maximum Gasteiger partial charge on any atom is 0.324 e. The summed E-state index contributed by atoms with van der Waals surface area (Å²) in [5, 5.41) is 8.45. The van der Waals surface area contributed by atoms with Crippen LogP contribution in [0, 0.1) is 5.41 Å². The van der Waals surface area contributed by atoms with Gasteiger partial charge in [0.1, 0.15) is 0 Å². The van der Waals surface area contributed by atoms with E-state index in [9.17, 15) is 14.4 Å². The van der Waals surface area contributed by atoms with Crippen LogP contribution in [0.5, 0.6) is 0 Å². The minimum Gasteiger partial charge on any atom is -0.379 e. The van der Waals surface area contributed by atoms with Crippen LogP contribution in [0.15, 0.2) is 0 Å². The summed E-state index contributed by atoms with van der Waals surface area (Å²) in [6.45, 7) is 6.65. The maximum absolute atomic E-state index is 12.6. The smallest absolute Gasteiger partial charge is 0.324 e. The number of hydrogen-bond acceptors (Lipinski definition) is 4. The predicted molar refractivity (Wildman–Crippen MR) is 105 cm³/mol. The van der Waals surface area contributed by atoms with Gasteiger partial charge >= 0.3 is 12.1 Å². The second-order valence-electron chi connectivity index (χ2n) is 8.98. The summed E-state index contributed by atoms with van der Waals surface area (Å²) in [4.78, 5) is 38.4. The van der Waals surface area contributed by atoms with E-state index >= 15 is 0 Å². The molecule has 8 heteroatoms. The molecular formula is C20H34N4O4. The molecule has 3 N–H and O–H groups in total. The van der Waals surface area contributed by atoms with Crippen LogP contribution < -0.4 is 16.0 Å². The number of nitrogens with zero attached hydrogens (tertiary/aromatic N) is 1. The molecule has 1 aliphatic carbocycles. The van der Waals surface area contributed by atoms with Gasteiger partial charge in [-0.2, -0.15) is 0 Å². The third-order valence-corrected chi connectivity index (χ3v) is 6.52. The number of unbranched alkanes of at least 4 members (excludes halogenated alkanes) is 1. The molecule has 1 unspecified atom stereocenters. The molecule has 0 aromatic carbocycles. The molecule has 28 heavy (non-hydrogen) atoms. The molecule has 0 radical (unpaired) electrons. The van der Waals surface area contributed by atoms with Crippen LogP contribution in [0.3, 0.4) is 0 Å². The molecule has 1 spiro atoms. The second-order valence-corrected chi connectivity index (χ2v) is 8.98. The highest BCUT2D eigenvalue weighted by molar-refractivity contribution is 5.98. The molecule has 1 atom stereocenters. The Kier molecular flexibility index (Phi) is 6.47. The van der Waals surface area contributed by atoms with Gasteiger partial charge in [-0.25, -0.2) is 9.59 Å². The van der Waals surface area contributed by atoms with Crippen molar-refractivity contribution in [2.45, 2.75) is 76.8 Å². The van der Waals surface area contributed by atoms with E-state index in [0.717, 1.165) is 38.5 Å². The number of rotatable bonds is 6. The van der Waals surface area contributed by atoms with E-state index in [0.29, 0.717) is 39.1 Å². The van der Waals surface area contributed by atoms with Crippen molar-refractivity contribution in [3.05, 3.63) is 0 Å². The molecule has 1 saturated carbocycles. The Bertz CT molecular complexity index is 595. The summed E-state index contributed by atoms with van der Waals surface area (Å²) in [6.07, 6.45) is 6.74. The van der Waals surface area contributed by atoms with Crippen molar-refractivity contribution in [3.8, 4) is 0 Å². The van der Waals surface area contributed by atoms with E-state index in [1.165, 1.54) is 0 Å². The summed E-state index contributed by atoms with van der Waals surface area (Å²) in [7, 11) is 0. The molecule has 5 amide bonds. The highest BCUT2D eigenvalue weighted by Crippen LogP contribution is 2.41. The topological polar surface area (TPSA) is 99.8 Å². The first kappa shape index (κ1) is 20.9. The van der Waals surface area contributed by atoms with Gasteiger partial charge in [0.2, 0.25) is 5.91 Å². The van der Waals surface area contributed by atoms with Crippen LogP contribution in [0.2, 0.25) is 0 Å². The lowest BCUT2D eigenvalue weighted by Crippen LogP contribution is -2.65. The van der Waals surface area contributed by atoms with Gasteiger partial charge in [0.25, 0.3) is 0 Å². The van der Waals surface area contributed by atoms with Crippen LogP contribution >= 0.6 is 0 Å². The number of ether oxygens (including phenoxy) is 1. The standard InChI is InChI=1S/C20H34N4O4/c1-3-4-10-21-17(26)22-15-5-7-19(2,8-6-15)13-24-18(27)23-16(25)12-20(24)9-11-28-14-20/h15H,3-14H2,1-2H3,(H2,21,22,26)(H,23,25,27). The van der Waals surface area contributed by atoms with Crippen molar-refractivity contribution in [1.82, 2.24) is 20.9 Å². The number of carbonyl (C=O) groups excluding carboxylic acids is 3. The predicted octanol–water partition coefficient (Wildman–Crippen LogP) is 2.14. The fourth-order valence-corrected chi connectivity index (χ4v) is 4.64. The summed E-state index contributed by atoms with van der Waals surface area (Å²) in [6, 6.07) is -0.202. The number of nitrogens with one attached hydrogen (secondary N) is 3. The number of carbonyl (C=O) groups is 3. The monoisotopic (exact) mass is 394 g/mol. The minimum atomic E-state index is -0.489. The summed E-state index contributed by atoms with van der Waals surface area (Å²) in [5.41, 5.74) is -0.513. The molecule has 2 heterocycles. The van der Waals surface area contributed by atoms with Gasteiger partial charge in [0.05, 0.1) is 18.6 Å². The van der Waals surface area contributed by atoms with E-state index in [1.807, 2.05) is 4.90 Å². The molecule has 2 saturated heterocycles. The third kappa shape index (κ3) is 4.77. The Hall–Kier alpha value is -1.83. The number of amides is 5. The zero-order chi connectivity index (χ0) is 20.2. The van der Waals surface area contributed by atoms with Gasteiger partial charge in [0, 0.05) is 25.7 Å². The largest absolute Gasteiger partial charge is 0.379 e. The van der Waals surface area contributed by atoms with Crippen molar-refractivity contribution in [3.63, 3.8) is 0 Å². The van der Waals surface area contributed by atoms with Crippen molar-refractivity contribution in [1.29, 1.82) is 0 Å². The van der Waals surface area contributed by atoms with Gasteiger partial charge in [0.15, 0.2) is 0 Å². The zero-order valence-electron chi connectivity index (χ0n) is 17.1. The molecule has 3 rings (SSSR count). The molecule has 3 aliphatic rings. The maximum atomic E-state index is 12.6. The summed E-state index contributed by atoms with van der Waals surface area (Å²) in [5.74, 6) is -0.209. The third-order valence-electron chi connectivity index (χ3n) is 6.52. The van der Waals surface area contributed by atoms with Gasteiger partial charge < -0.3 is 20.3 Å². The first-order valence-electron chi connectivity index (χ1n) is 10.6. The fraction of sp³-hybridized carbons (Fsp3) is 0.850. The van der Waals surface area contributed by atoms with E-state index in [4.69, 9.17) is 4.74 Å². The van der Waals surface area contributed by atoms with Gasteiger partial charge in [-0.15, -0.1) is 0 Å². The van der Waals surface area contributed by atoms with Crippen LogP contribution in [-0.4, -0.2) is 60.8 Å². The van der Waals surface area contributed by atoms with Crippen molar-refractivity contribution in [2.75, 3.05) is 26.3 Å². The summed E-state index contributed by atoms with van der Waals surface area (Å²) < 4.78 is 5.56. The lowest BCUT2D eigenvalue weighted by atomic mass is 9.72. The Morgan fingerprint density at radius 2 is 2.04 bits per heavy atom. The summed E-state index contributed by atoms with van der Waals surface area (Å²) >= 11 is 0. The molecule has 3 fully saturated rings. The molecular weight excluding hydrogens is 360 g/mol. The van der Waals surface area contributed by atoms with Gasteiger partial charge in [-0.1, -0.05) is 20.3 Å². The number of hydrogen-bond donors (Lipinski definition) is 3. The van der Waals surface area contributed by atoms with E-state index in [-0.39, 0.29) is 29.4 Å². The number of imide groups is 1. The second kappa shape index (κ2) is 8.68. The van der Waals surface area contributed by atoms with Gasteiger partial charge in [-0.3, -0.25) is 10.1 Å². The van der Waals surface area contributed by atoms with Crippen LogP contribution in [0.25, 0.3) is 0 Å². The highest BCUT2D eigenvalue weighted by Gasteiger charge is 2.50. The highest BCUT2D eigenvalue weighted by atomic mass is 16.5. The molecule has 2 aliphatic heterocycles. The Balaban J connectivity index is 1.54. The first-order valence-corrected chi connectivity index (χ1v) is 10.6. The normalized spacial score (nSPS) is 33.1. The molecule has 0 aromatic heterocycles. The van der Waals surface area contributed by atoms with E-state index < -0.39 is 5.54 Å². The Morgan fingerprint density at radius 1 is 1.29 bits per heavy atom. The average molecular weight is 395 g/mol. The van der Waals surface area contributed by atoms with Crippen molar-refractivity contribution >= 4 is 18.0 Å². The SMILES string of the molecule is CCCCNC(=O)NC1CCC(C)(CN2C(=O)NC(=O)CC23CCOC3)CC1. The van der Waals surface area contributed by atoms with Crippen LogP contribution in [0.4, 0.5) is 9.59 Å². The minimum absolute atomic E-state index is 0.0236. The van der Waals surface area contributed by atoms with Crippen molar-refractivity contribution < 1.29 is 19.1 Å². The zero-order valence-corrected chi connectivity index (χ0v) is 17.1. The quantitative estimate of drug-likeness (QED) is 0.601. The average Bonchev–Trinajstić information content (AvgIpc) is 3.10. The van der Waals surface area contributed by atoms with Crippen LogP contribution in [0.1, 0.15) is 65.2 Å². The number of urea groups is 2. The molecule has 158 valence electrons. The first-order chi connectivity index (χ1) is 13.4. The Morgan fingerprint density at radius 3 is 2.68 bits per heavy atom. The molecule has 0 bridgehead atoms. The molecule has 8 nitrogen and oxygen atoms in total. The van der Waals surface area contributed by atoms with Crippen molar-refractivity contribution in [2.24, 2.45) is 5.41 Å². The van der Waals surface area contributed by atoms with E-state index in [1.54, 1.807) is 0 Å². The lowest BCUT2D eigenvalue weighted by molar-refractivity contribution is -0.126. The van der Waals surface area contributed by atoms with E-state index in [2.05, 4.69) is 29.8 Å². The molecule has 0 aromatic rings. The Labute approximate surface area is 167 Å². The van der Waals surface area contributed by atoms with Gasteiger partial charge in [-0.05, 0) is 43.9 Å². The lowest BCUT2D eigenvalue weighted by Gasteiger charge is -2.48. The fourth-order valence-electron chi connectivity index (χ4n) is 4.64.